The van der Waals surface area contributed by atoms with Crippen LogP contribution in [0, 0.1) is 0 Å². The minimum absolute atomic E-state index is 0.168. The molecule has 3 N–H and O–H groups in total. The van der Waals surface area contributed by atoms with Crippen LogP contribution >= 0.6 is 11.6 Å². The minimum atomic E-state index is 0.168. The highest BCUT2D eigenvalue weighted by Gasteiger charge is 2.43. The molecule has 0 bridgehead atoms. The Labute approximate surface area is 172 Å². The van der Waals surface area contributed by atoms with Gasteiger partial charge < -0.3 is 15.6 Å². The molecule has 4 heterocycles. The molecule has 1 fully saturated rings. The lowest BCUT2D eigenvalue weighted by Crippen LogP contribution is -2.39. The number of hydrogen-bond donors (Lipinski definition) is 3. The molecule has 4 aromatic rings. The van der Waals surface area contributed by atoms with Crippen molar-refractivity contribution in [2.45, 2.75) is 37.6 Å². The molecule has 1 saturated heterocycles. The summed E-state index contributed by atoms with van der Waals surface area (Å²) in [7, 11) is 0. The van der Waals surface area contributed by atoms with Crippen LogP contribution < -0.4 is 10.6 Å². The molecule has 0 unspecified atom stereocenters. The fourth-order valence-corrected chi connectivity index (χ4v) is 5.18. The summed E-state index contributed by atoms with van der Waals surface area (Å²) in [6, 6.07) is 6.29. The van der Waals surface area contributed by atoms with E-state index in [1.807, 2.05) is 10.6 Å². The van der Waals surface area contributed by atoms with E-state index < -0.39 is 0 Å². The summed E-state index contributed by atoms with van der Waals surface area (Å²) in [6.45, 7) is 2.80. The molecule has 0 saturated carbocycles. The predicted octanol–water partition coefficient (Wildman–Crippen LogP) is 3.44. The predicted molar refractivity (Wildman–Crippen MR) is 114 cm³/mol. The molecule has 8 heteroatoms. The average Bonchev–Trinajstić information content (AvgIpc) is 3.45. The van der Waals surface area contributed by atoms with Crippen molar-refractivity contribution in [3.63, 3.8) is 0 Å². The largest absolute Gasteiger partial charge is 0.366 e. The zero-order valence-electron chi connectivity index (χ0n) is 16.0. The fourth-order valence-electron chi connectivity index (χ4n) is 5.01. The van der Waals surface area contributed by atoms with Gasteiger partial charge in [-0.05, 0) is 56.5 Å². The third-order valence-electron chi connectivity index (χ3n) is 6.56. The Morgan fingerprint density at radius 1 is 1.21 bits per heavy atom. The van der Waals surface area contributed by atoms with Gasteiger partial charge in [-0.2, -0.15) is 9.61 Å². The molecular weight excluding hydrogens is 386 g/mol. The number of nitrogens with one attached hydrogen (secondary N) is 3. The van der Waals surface area contributed by atoms with E-state index in [0.717, 1.165) is 61.3 Å². The number of anilines is 1. The molecule has 3 aromatic heterocycles. The molecule has 1 aliphatic heterocycles. The maximum atomic E-state index is 6.45. The Morgan fingerprint density at radius 2 is 2.10 bits per heavy atom. The minimum Gasteiger partial charge on any atom is -0.366 e. The van der Waals surface area contributed by atoms with Crippen LogP contribution in [0.1, 0.15) is 36.1 Å². The summed E-state index contributed by atoms with van der Waals surface area (Å²) in [5.74, 6) is 1.03. The van der Waals surface area contributed by atoms with Gasteiger partial charge in [-0.25, -0.2) is 9.97 Å². The van der Waals surface area contributed by atoms with Gasteiger partial charge in [0.15, 0.2) is 5.65 Å². The molecule has 1 aliphatic carbocycles. The zero-order chi connectivity index (χ0) is 19.4. The second kappa shape index (κ2) is 6.43. The first kappa shape index (κ1) is 17.2. The van der Waals surface area contributed by atoms with Crippen LogP contribution in [-0.2, 0) is 18.4 Å². The standard InChI is InChI=1S/C21H22ClN7/c22-15-11-27-29-19(24-10-13-1-2-16-17(9-13)26-12-25-16)14-3-4-21(5-7-23-8-6-21)18(14)28-20(15)29/h1-2,9,11-12,23-24H,3-8,10H2,(H,25,26). The lowest BCUT2D eigenvalue weighted by atomic mass is 9.77. The van der Waals surface area contributed by atoms with E-state index in [4.69, 9.17) is 16.6 Å². The Bertz CT molecular complexity index is 1220. The number of imidazole rings is 1. The maximum Gasteiger partial charge on any atom is 0.176 e. The Morgan fingerprint density at radius 3 is 3.00 bits per heavy atom. The van der Waals surface area contributed by atoms with E-state index in [9.17, 15) is 0 Å². The molecule has 0 atom stereocenters. The number of benzene rings is 1. The Kier molecular flexibility index (Phi) is 3.82. The van der Waals surface area contributed by atoms with Crippen LogP contribution in [0.5, 0.6) is 0 Å². The van der Waals surface area contributed by atoms with Gasteiger partial charge in [0.05, 0.1) is 29.3 Å². The molecule has 1 spiro atoms. The van der Waals surface area contributed by atoms with E-state index in [2.05, 4.69) is 37.8 Å². The number of piperidine rings is 1. The summed E-state index contributed by atoms with van der Waals surface area (Å²) in [4.78, 5) is 12.5. The van der Waals surface area contributed by atoms with Gasteiger partial charge in [0.2, 0.25) is 0 Å². The van der Waals surface area contributed by atoms with Crippen molar-refractivity contribution in [3.8, 4) is 0 Å². The lowest BCUT2D eigenvalue weighted by Gasteiger charge is -2.34. The van der Waals surface area contributed by atoms with Crippen LogP contribution in [0.2, 0.25) is 5.02 Å². The van der Waals surface area contributed by atoms with Gasteiger partial charge in [0, 0.05) is 17.5 Å². The SMILES string of the molecule is Clc1cnn2c(NCc3ccc4nc[nH]c4c3)c3c(nc12)C1(CCNCC1)CC3. The maximum absolute atomic E-state index is 6.45. The Balaban J connectivity index is 1.42. The van der Waals surface area contributed by atoms with Gasteiger partial charge in [-0.3, -0.25) is 0 Å². The number of fused-ring (bicyclic) bond motifs is 4. The van der Waals surface area contributed by atoms with Crippen LogP contribution in [0.3, 0.4) is 0 Å². The highest BCUT2D eigenvalue weighted by molar-refractivity contribution is 6.33. The van der Waals surface area contributed by atoms with Crippen molar-refractivity contribution in [2.24, 2.45) is 0 Å². The lowest BCUT2D eigenvalue weighted by molar-refractivity contribution is 0.301. The first-order valence-corrected chi connectivity index (χ1v) is 10.5. The van der Waals surface area contributed by atoms with Crippen molar-refractivity contribution >= 4 is 34.1 Å². The fraction of sp³-hybridized carbons (Fsp3) is 0.381. The van der Waals surface area contributed by atoms with E-state index in [1.165, 1.54) is 16.8 Å². The van der Waals surface area contributed by atoms with E-state index in [0.29, 0.717) is 11.6 Å². The average molecular weight is 408 g/mol. The van der Waals surface area contributed by atoms with Crippen molar-refractivity contribution < 1.29 is 0 Å². The molecular formula is C21H22ClN7. The topological polar surface area (TPSA) is 82.9 Å². The van der Waals surface area contributed by atoms with Crippen LogP contribution in [-0.4, -0.2) is 37.7 Å². The highest BCUT2D eigenvalue weighted by atomic mass is 35.5. The normalized spacial score (nSPS) is 18.0. The van der Waals surface area contributed by atoms with Crippen LogP contribution in [0.25, 0.3) is 16.7 Å². The first-order chi connectivity index (χ1) is 14.2. The van der Waals surface area contributed by atoms with Crippen molar-refractivity contribution in [1.29, 1.82) is 0 Å². The smallest absolute Gasteiger partial charge is 0.176 e. The van der Waals surface area contributed by atoms with Crippen LogP contribution in [0.4, 0.5) is 5.82 Å². The van der Waals surface area contributed by atoms with Gasteiger partial charge >= 0.3 is 0 Å². The van der Waals surface area contributed by atoms with Gasteiger partial charge in [0.25, 0.3) is 0 Å². The molecule has 148 valence electrons. The quantitative estimate of drug-likeness (QED) is 0.484. The van der Waals surface area contributed by atoms with E-state index >= 15 is 0 Å². The number of rotatable bonds is 3. The van der Waals surface area contributed by atoms with Crippen molar-refractivity contribution in [3.05, 3.63) is 52.6 Å². The number of aromatic amines is 1. The molecule has 2 aliphatic rings. The number of aromatic nitrogens is 5. The third kappa shape index (κ3) is 2.64. The van der Waals surface area contributed by atoms with Crippen LogP contribution in [0.15, 0.2) is 30.7 Å². The molecule has 1 aromatic carbocycles. The van der Waals surface area contributed by atoms with Gasteiger partial charge in [-0.1, -0.05) is 17.7 Å². The molecule has 0 amide bonds. The van der Waals surface area contributed by atoms with Crippen molar-refractivity contribution in [1.82, 2.24) is 29.9 Å². The third-order valence-corrected chi connectivity index (χ3v) is 6.83. The van der Waals surface area contributed by atoms with Gasteiger partial charge in [-0.15, -0.1) is 0 Å². The molecule has 0 radical (unpaired) electrons. The number of nitrogens with zero attached hydrogens (tertiary/aromatic N) is 4. The Hall–Kier alpha value is -2.64. The monoisotopic (exact) mass is 407 g/mol. The number of halogens is 1. The first-order valence-electron chi connectivity index (χ1n) is 10.2. The molecule has 6 rings (SSSR count). The number of hydrogen-bond acceptors (Lipinski definition) is 5. The zero-order valence-corrected chi connectivity index (χ0v) is 16.8. The van der Waals surface area contributed by atoms with E-state index in [-0.39, 0.29) is 5.41 Å². The summed E-state index contributed by atoms with van der Waals surface area (Å²) >= 11 is 6.45. The van der Waals surface area contributed by atoms with Crippen molar-refractivity contribution in [2.75, 3.05) is 18.4 Å². The second-order valence-corrected chi connectivity index (χ2v) is 8.56. The summed E-state index contributed by atoms with van der Waals surface area (Å²) in [5.41, 5.74) is 6.64. The molecule has 7 nitrogen and oxygen atoms in total. The second-order valence-electron chi connectivity index (χ2n) is 8.15. The summed E-state index contributed by atoms with van der Waals surface area (Å²) < 4.78 is 1.87. The van der Waals surface area contributed by atoms with Gasteiger partial charge in [0.1, 0.15) is 10.8 Å². The number of H-pyrrole nitrogens is 1. The highest BCUT2D eigenvalue weighted by Crippen LogP contribution is 2.46. The molecule has 29 heavy (non-hydrogen) atoms. The summed E-state index contributed by atoms with van der Waals surface area (Å²) in [5, 5.41) is 12.3. The van der Waals surface area contributed by atoms with E-state index in [1.54, 1.807) is 12.5 Å². The summed E-state index contributed by atoms with van der Waals surface area (Å²) in [6.07, 6.45) is 7.85.